The Kier molecular flexibility index (Phi) is 3.78. The molecule has 0 spiro atoms. The van der Waals surface area contributed by atoms with Gasteiger partial charge in [0.15, 0.2) is 10.9 Å². The molecule has 0 saturated carbocycles. The molecule has 0 saturated heterocycles. The molecule has 18 heavy (non-hydrogen) atoms. The number of hydrogen-bond acceptors (Lipinski definition) is 3. The first-order valence-corrected chi connectivity index (χ1v) is 6.23. The van der Waals surface area contributed by atoms with Gasteiger partial charge in [0.25, 0.3) is 5.91 Å². The van der Waals surface area contributed by atoms with Crippen LogP contribution in [0.1, 0.15) is 10.6 Å². The van der Waals surface area contributed by atoms with E-state index in [1.54, 1.807) is 12.1 Å². The molecule has 0 aliphatic rings. The van der Waals surface area contributed by atoms with Crippen molar-refractivity contribution in [3.05, 3.63) is 46.6 Å². The quantitative estimate of drug-likeness (QED) is 0.833. The van der Waals surface area contributed by atoms with Crippen molar-refractivity contribution in [3.63, 3.8) is 0 Å². The molecule has 2 rings (SSSR count). The summed E-state index contributed by atoms with van der Waals surface area (Å²) in [4.78, 5) is 11.6. The SMILES string of the molecule is NC(=S)NC(=O)c1ccc(-c2ccccc2Br)o1. The highest BCUT2D eigenvalue weighted by atomic mass is 79.9. The van der Waals surface area contributed by atoms with Crippen LogP contribution in [0.15, 0.2) is 45.3 Å². The van der Waals surface area contributed by atoms with Crippen LogP contribution in [0.25, 0.3) is 11.3 Å². The van der Waals surface area contributed by atoms with Crippen molar-refractivity contribution < 1.29 is 9.21 Å². The first-order chi connectivity index (χ1) is 8.58. The van der Waals surface area contributed by atoms with Crippen molar-refractivity contribution in [2.45, 2.75) is 0 Å². The number of rotatable bonds is 2. The maximum Gasteiger partial charge on any atom is 0.293 e. The number of benzene rings is 1. The smallest absolute Gasteiger partial charge is 0.293 e. The summed E-state index contributed by atoms with van der Waals surface area (Å²) < 4.78 is 6.35. The number of carbonyl (C=O) groups excluding carboxylic acids is 1. The number of hydrogen-bond donors (Lipinski definition) is 2. The van der Waals surface area contributed by atoms with Gasteiger partial charge >= 0.3 is 0 Å². The Bertz CT molecular complexity index is 610. The van der Waals surface area contributed by atoms with E-state index in [1.165, 1.54) is 0 Å². The fraction of sp³-hybridized carbons (Fsp3) is 0. The molecular formula is C12H9BrN2O2S. The van der Waals surface area contributed by atoms with Crippen LogP contribution < -0.4 is 11.1 Å². The van der Waals surface area contributed by atoms with E-state index in [9.17, 15) is 4.79 Å². The molecule has 1 amide bonds. The fourth-order valence-corrected chi connectivity index (χ4v) is 2.01. The number of nitrogens with one attached hydrogen (secondary N) is 1. The summed E-state index contributed by atoms with van der Waals surface area (Å²) in [5.41, 5.74) is 6.09. The van der Waals surface area contributed by atoms with Crippen molar-refractivity contribution in [1.82, 2.24) is 5.32 Å². The molecule has 6 heteroatoms. The number of nitrogens with two attached hydrogens (primary N) is 1. The molecule has 0 fully saturated rings. The van der Waals surface area contributed by atoms with Crippen molar-refractivity contribution in [1.29, 1.82) is 0 Å². The molecule has 0 atom stereocenters. The number of thiocarbonyl (C=S) groups is 1. The van der Waals surface area contributed by atoms with Gasteiger partial charge in [0.1, 0.15) is 5.76 Å². The van der Waals surface area contributed by atoms with E-state index in [0.717, 1.165) is 10.0 Å². The van der Waals surface area contributed by atoms with Gasteiger partial charge in [0, 0.05) is 10.0 Å². The van der Waals surface area contributed by atoms with Gasteiger partial charge in [0.05, 0.1) is 0 Å². The maximum atomic E-state index is 11.6. The van der Waals surface area contributed by atoms with Gasteiger partial charge in [-0.2, -0.15) is 0 Å². The summed E-state index contributed by atoms with van der Waals surface area (Å²) in [5.74, 6) is 0.296. The Labute approximate surface area is 117 Å². The van der Waals surface area contributed by atoms with Crippen LogP contribution in [-0.4, -0.2) is 11.0 Å². The highest BCUT2D eigenvalue weighted by Crippen LogP contribution is 2.29. The fourth-order valence-electron chi connectivity index (χ4n) is 1.44. The van der Waals surface area contributed by atoms with Crippen LogP contribution >= 0.6 is 28.1 Å². The normalized spacial score (nSPS) is 10.1. The third-order valence-electron chi connectivity index (χ3n) is 2.21. The number of furan rings is 1. The Morgan fingerprint density at radius 3 is 2.67 bits per heavy atom. The second kappa shape index (κ2) is 5.32. The zero-order valence-corrected chi connectivity index (χ0v) is 11.5. The van der Waals surface area contributed by atoms with Crippen molar-refractivity contribution in [2.75, 3.05) is 0 Å². The lowest BCUT2D eigenvalue weighted by Crippen LogP contribution is -2.34. The zero-order chi connectivity index (χ0) is 13.1. The zero-order valence-electron chi connectivity index (χ0n) is 9.14. The lowest BCUT2D eigenvalue weighted by Gasteiger charge is -2.01. The average Bonchev–Trinajstić information content (AvgIpc) is 2.78. The lowest BCUT2D eigenvalue weighted by atomic mass is 10.2. The second-order valence-corrected chi connectivity index (χ2v) is 4.76. The van der Waals surface area contributed by atoms with Gasteiger partial charge in [-0.1, -0.05) is 34.1 Å². The summed E-state index contributed by atoms with van der Waals surface area (Å²) in [6, 6.07) is 10.9. The van der Waals surface area contributed by atoms with Crippen LogP contribution in [0, 0.1) is 0 Å². The Morgan fingerprint density at radius 2 is 2.00 bits per heavy atom. The van der Waals surface area contributed by atoms with Gasteiger partial charge in [-0.3, -0.25) is 10.1 Å². The first-order valence-electron chi connectivity index (χ1n) is 5.03. The van der Waals surface area contributed by atoms with Crippen LogP contribution in [0.5, 0.6) is 0 Å². The van der Waals surface area contributed by atoms with Crippen LogP contribution in [-0.2, 0) is 0 Å². The summed E-state index contributed by atoms with van der Waals surface area (Å²) >= 11 is 8.01. The van der Waals surface area contributed by atoms with E-state index in [-0.39, 0.29) is 10.9 Å². The molecule has 0 unspecified atom stereocenters. The van der Waals surface area contributed by atoms with Gasteiger partial charge in [0.2, 0.25) is 0 Å². The Balaban J connectivity index is 2.29. The van der Waals surface area contributed by atoms with Crippen molar-refractivity contribution >= 4 is 39.2 Å². The summed E-state index contributed by atoms with van der Waals surface area (Å²) in [5, 5.41) is 2.22. The highest BCUT2D eigenvalue weighted by molar-refractivity contribution is 9.10. The van der Waals surface area contributed by atoms with E-state index in [0.29, 0.717) is 5.76 Å². The number of carbonyl (C=O) groups is 1. The van der Waals surface area contributed by atoms with Gasteiger partial charge in [-0.05, 0) is 30.4 Å². The van der Waals surface area contributed by atoms with E-state index in [2.05, 4.69) is 33.5 Å². The van der Waals surface area contributed by atoms with Crippen LogP contribution in [0.3, 0.4) is 0 Å². The highest BCUT2D eigenvalue weighted by Gasteiger charge is 2.13. The summed E-state index contributed by atoms with van der Waals surface area (Å²) in [6.45, 7) is 0. The molecule has 92 valence electrons. The number of halogens is 1. The van der Waals surface area contributed by atoms with E-state index >= 15 is 0 Å². The lowest BCUT2D eigenvalue weighted by molar-refractivity contribution is 0.0951. The van der Waals surface area contributed by atoms with Gasteiger partial charge in [-0.25, -0.2) is 0 Å². The molecule has 1 aromatic carbocycles. The average molecular weight is 325 g/mol. The summed E-state index contributed by atoms with van der Waals surface area (Å²) in [7, 11) is 0. The van der Waals surface area contributed by atoms with Gasteiger partial charge in [-0.15, -0.1) is 0 Å². The predicted octanol–water partition coefficient (Wildman–Crippen LogP) is 2.68. The Hall–Kier alpha value is -1.66. The molecule has 1 aromatic heterocycles. The number of amides is 1. The standard InChI is InChI=1S/C12H9BrN2O2S/c13-8-4-2-1-3-7(8)9-5-6-10(17-9)11(16)15-12(14)18/h1-6H,(H3,14,15,16,18). The largest absolute Gasteiger partial charge is 0.451 e. The Morgan fingerprint density at radius 1 is 1.28 bits per heavy atom. The molecule has 4 nitrogen and oxygen atoms in total. The first kappa shape index (κ1) is 12.8. The molecule has 0 aliphatic carbocycles. The maximum absolute atomic E-state index is 11.6. The molecule has 3 N–H and O–H groups in total. The van der Waals surface area contributed by atoms with Crippen molar-refractivity contribution in [2.24, 2.45) is 5.73 Å². The third-order valence-corrected chi connectivity index (χ3v) is 3.00. The summed E-state index contributed by atoms with van der Waals surface area (Å²) in [6.07, 6.45) is 0. The molecular weight excluding hydrogens is 316 g/mol. The minimum Gasteiger partial charge on any atom is -0.451 e. The van der Waals surface area contributed by atoms with Gasteiger partial charge < -0.3 is 10.2 Å². The van der Waals surface area contributed by atoms with E-state index < -0.39 is 5.91 Å². The molecule has 1 heterocycles. The van der Waals surface area contributed by atoms with Crippen molar-refractivity contribution in [3.8, 4) is 11.3 Å². The molecule has 0 aliphatic heterocycles. The monoisotopic (exact) mass is 324 g/mol. The third kappa shape index (κ3) is 2.77. The van der Waals surface area contributed by atoms with E-state index in [1.807, 2.05) is 24.3 Å². The minimum atomic E-state index is -0.458. The minimum absolute atomic E-state index is 0.0844. The molecule has 0 radical (unpaired) electrons. The van der Waals surface area contributed by atoms with E-state index in [4.69, 9.17) is 10.2 Å². The molecule has 0 bridgehead atoms. The molecule has 2 aromatic rings. The topological polar surface area (TPSA) is 68.3 Å². The predicted molar refractivity (Wildman–Crippen MR) is 76.1 cm³/mol. The van der Waals surface area contributed by atoms with Crippen LogP contribution in [0.4, 0.5) is 0 Å². The van der Waals surface area contributed by atoms with Crippen LogP contribution in [0.2, 0.25) is 0 Å². The second-order valence-electron chi connectivity index (χ2n) is 3.46.